The first-order valence-electron chi connectivity index (χ1n) is 5.56. The van der Waals surface area contributed by atoms with Crippen LogP contribution in [0.2, 0.25) is 5.02 Å². The highest BCUT2D eigenvalue weighted by Crippen LogP contribution is 2.33. The van der Waals surface area contributed by atoms with Crippen molar-refractivity contribution in [2.75, 3.05) is 12.4 Å². The second kappa shape index (κ2) is 6.93. The first kappa shape index (κ1) is 15.8. The molecule has 1 aromatic carbocycles. The highest BCUT2D eigenvalue weighted by molar-refractivity contribution is 9.13. The Kier molecular flexibility index (Phi) is 5.49. The largest absolute Gasteiger partial charge is 0.465 e. The number of anilines is 1. The van der Waals surface area contributed by atoms with E-state index in [9.17, 15) is 4.79 Å². The number of thiophene rings is 1. The fraction of sp³-hybridized carbons (Fsp3) is 0.154. The molecule has 1 N–H and O–H groups in total. The SMILES string of the molecule is COC(=O)c1ccc(Cl)cc1NCc1cc(Br)c(Br)s1. The summed E-state index contributed by atoms with van der Waals surface area (Å²) in [4.78, 5) is 12.8. The molecule has 2 aromatic rings. The lowest BCUT2D eigenvalue weighted by atomic mass is 10.2. The third kappa shape index (κ3) is 3.75. The van der Waals surface area contributed by atoms with Crippen molar-refractivity contribution in [1.82, 2.24) is 0 Å². The molecule has 20 heavy (non-hydrogen) atoms. The fourth-order valence-corrected chi connectivity index (χ4v) is 3.90. The second-order valence-electron chi connectivity index (χ2n) is 3.87. The topological polar surface area (TPSA) is 38.3 Å². The molecule has 3 nitrogen and oxygen atoms in total. The molecule has 0 atom stereocenters. The van der Waals surface area contributed by atoms with Gasteiger partial charge in [0.1, 0.15) is 0 Å². The van der Waals surface area contributed by atoms with Crippen molar-refractivity contribution < 1.29 is 9.53 Å². The van der Waals surface area contributed by atoms with Gasteiger partial charge in [0.05, 0.1) is 22.1 Å². The number of nitrogens with one attached hydrogen (secondary N) is 1. The number of carbonyl (C=O) groups is 1. The molecular formula is C13H10Br2ClNO2S. The minimum absolute atomic E-state index is 0.391. The van der Waals surface area contributed by atoms with Crippen LogP contribution in [0.3, 0.4) is 0 Å². The van der Waals surface area contributed by atoms with Crippen LogP contribution in [0.1, 0.15) is 15.2 Å². The summed E-state index contributed by atoms with van der Waals surface area (Å²) in [6.45, 7) is 0.596. The Morgan fingerprint density at radius 1 is 1.40 bits per heavy atom. The van der Waals surface area contributed by atoms with Crippen molar-refractivity contribution in [2.24, 2.45) is 0 Å². The van der Waals surface area contributed by atoms with E-state index >= 15 is 0 Å². The van der Waals surface area contributed by atoms with Crippen LogP contribution in [0.5, 0.6) is 0 Å². The van der Waals surface area contributed by atoms with Gasteiger partial charge in [-0.15, -0.1) is 11.3 Å². The summed E-state index contributed by atoms with van der Waals surface area (Å²) in [5.74, 6) is -0.391. The molecule has 2 rings (SSSR count). The lowest BCUT2D eigenvalue weighted by molar-refractivity contribution is 0.0602. The molecule has 0 bridgehead atoms. The number of ether oxygens (including phenoxy) is 1. The van der Waals surface area contributed by atoms with Crippen molar-refractivity contribution >= 4 is 66.5 Å². The quantitative estimate of drug-likeness (QED) is 0.655. The van der Waals surface area contributed by atoms with E-state index in [0.717, 1.165) is 13.1 Å². The van der Waals surface area contributed by atoms with Crippen LogP contribution in [-0.2, 0) is 11.3 Å². The van der Waals surface area contributed by atoms with Crippen LogP contribution in [0.25, 0.3) is 0 Å². The van der Waals surface area contributed by atoms with Crippen molar-refractivity contribution in [3.63, 3.8) is 0 Å². The van der Waals surface area contributed by atoms with Gasteiger partial charge in [-0.1, -0.05) is 11.6 Å². The Morgan fingerprint density at radius 3 is 2.75 bits per heavy atom. The summed E-state index contributed by atoms with van der Waals surface area (Å²) in [6, 6.07) is 7.05. The van der Waals surface area contributed by atoms with Gasteiger partial charge in [0.2, 0.25) is 0 Å². The number of hydrogen-bond donors (Lipinski definition) is 1. The number of benzene rings is 1. The predicted molar refractivity (Wildman–Crippen MR) is 89.8 cm³/mol. The van der Waals surface area contributed by atoms with Crippen LogP contribution in [0.4, 0.5) is 5.69 Å². The Bertz CT molecular complexity index is 626. The molecule has 0 aliphatic heterocycles. The van der Waals surface area contributed by atoms with Gasteiger partial charge in [0, 0.05) is 20.9 Å². The minimum Gasteiger partial charge on any atom is -0.465 e. The average molecular weight is 440 g/mol. The number of halogens is 3. The third-order valence-electron chi connectivity index (χ3n) is 2.54. The maximum absolute atomic E-state index is 11.7. The summed E-state index contributed by atoms with van der Waals surface area (Å²) in [6.07, 6.45) is 0. The summed E-state index contributed by atoms with van der Waals surface area (Å²) < 4.78 is 6.81. The number of methoxy groups -OCH3 is 1. The molecule has 0 saturated heterocycles. The number of carbonyl (C=O) groups excluding carboxylic acids is 1. The monoisotopic (exact) mass is 437 g/mol. The highest BCUT2D eigenvalue weighted by Gasteiger charge is 2.12. The minimum atomic E-state index is -0.391. The van der Waals surface area contributed by atoms with Crippen LogP contribution in [0, 0.1) is 0 Å². The van der Waals surface area contributed by atoms with E-state index in [2.05, 4.69) is 37.2 Å². The van der Waals surface area contributed by atoms with Crippen molar-refractivity contribution in [3.05, 3.63) is 48.0 Å². The standard InChI is InChI=1S/C13H10Br2ClNO2S/c1-19-13(18)9-3-2-7(16)4-11(9)17-6-8-5-10(14)12(15)20-8/h2-5,17H,6H2,1H3. The molecule has 0 radical (unpaired) electrons. The van der Waals surface area contributed by atoms with Crippen molar-refractivity contribution in [3.8, 4) is 0 Å². The zero-order valence-electron chi connectivity index (χ0n) is 10.4. The highest BCUT2D eigenvalue weighted by atomic mass is 79.9. The average Bonchev–Trinajstić information content (AvgIpc) is 2.75. The van der Waals surface area contributed by atoms with Crippen LogP contribution in [-0.4, -0.2) is 13.1 Å². The summed E-state index contributed by atoms with van der Waals surface area (Å²) >= 11 is 14.5. The van der Waals surface area contributed by atoms with Gasteiger partial charge in [-0.25, -0.2) is 4.79 Å². The van der Waals surface area contributed by atoms with Crippen LogP contribution >= 0.6 is 54.8 Å². The van der Waals surface area contributed by atoms with E-state index in [1.54, 1.807) is 29.5 Å². The van der Waals surface area contributed by atoms with Gasteiger partial charge < -0.3 is 10.1 Å². The molecule has 0 unspecified atom stereocenters. The molecular weight excluding hydrogens is 429 g/mol. The fourth-order valence-electron chi connectivity index (χ4n) is 1.61. The normalized spacial score (nSPS) is 10.4. The second-order valence-corrected chi connectivity index (χ2v) is 7.61. The summed E-state index contributed by atoms with van der Waals surface area (Å²) in [7, 11) is 1.36. The van der Waals surface area contributed by atoms with Crippen LogP contribution < -0.4 is 5.32 Å². The van der Waals surface area contributed by atoms with Gasteiger partial charge in [-0.05, 0) is 56.1 Å². The van der Waals surface area contributed by atoms with Gasteiger partial charge in [0.25, 0.3) is 0 Å². The smallest absolute Gasteiger partial charge is 0.339 e. The Balaban J connectivity index is 2.19. The van der Waals surface area contributed by atoms with Crippen LogP contribution in [0.15, 0.2) is 32.5 Å². The molecule has 7 heteroatoms. The predicted octanol–water partition coefficient (Wildman–Crippen LogP) is 5.33. The molecule has 1 aromatic heterocycles. The Labute approximate surface area is 142 Å². The third-order valence-corrected chi connectivity index (χ3v) is 6.03. The summed E-state index contributed by atoms with van der Waals surface area (Å²) in [5, 5.41) is 3.77. The molecule has 106 valence electrons. The first-order valence-corrected chi connectivity index (χ1v) is 8.34. The van der Waals surface area contributed by atoms with E-state index in [-0.39, 0.29) is 0 Å². The molecule has 0 fully saturated rings. The molecule has 1 heterocycles. The number of esters is 1. The van der Waals surface area contributed by atoms with Gasteiger partial charge in [0.15, 0.2) is 0 Å². The zero-order chi connectivity index (χ0) is 14.7. The number of hydrogen-bond acceptors (Lipinski definition) is 4. The van der Waals surface area contributed by atoms with E-state index in [1.165, 1.54) is 7.11 Å². The van der Waals surface area contributed by atoms with Crippen molar-refractivity contribution in [2.45, 2.75) is 6.54 Å². The van der Waals surface area contributed by atoms with E-state index in [1.807, 2.05) is 6.07 Å². The Morgan fingerprint density at radius 2 is 2.15 bits per heavy atom. The van der Waals surface area contributed by atoms with Gasteiger partial charge >= 0.3 is 5.97 Å². The van der Waals surface area contributed by atoms with E-state index in [0.29, 0.717) is 22.8 Å². The van der Waals surface area contributed by atoms with Gasteiger partial charge in [-0.3, -0.25) is 0 Å². The maximum Gasteiger partial charge on any atom is 0.339 e. The number of rotatable bonds is 4. The van der Waals surface area contributed by atoms with Crippen molar-refractivity contribution in [1.29, 1.82) is 0 Å². The van der Waals surface area contributed by atoms with E-state index in [4.69, 9.17) is 16.3 Å². The molecule has 0 aliphatic rings. The zero-order valence-corrected chi connectivity index (χ0v) is 15.1. The molecule has 0 amide bonds. The molecule has 0 aliphatic carbocycles. The first-order chi connectivity index (χ1) is 9.51. The van der Waals surface area contributed by atoms with Gasteiger partial charge in [-0.2, -0.15) is 0 Å². The molecule has 0 saturated carbocycles. The maximum atomic E-state index is 11.7. The lowest BCUT2D eigenvalue weighted by Crippen LogP contribution is -2.07. The van der Waals surface area contributed by atoms with E-state index < -0.39 is 5.97 Å². The Hall–Kier alpha value is -0.560. The lowest BCUT2D eigenvalue weighted by Gasteiger charge is -2.10. The summed E-state index contributed by atoms with van der Waals surface area (Å²) in [5.41, 5.74) is 1.12. The molecule has 0 spiro atoms.